The number of hydrogen-bond donors (Lipinski definition) is 0. The molecule has 3 nitrogen and oxygen atoms in total. The Balaban J connectivity index is 1.86. The van der Waals surface area contributed by atoms with Gasteiger partial charge in [-0.1, -0.05) is 24.3 Å². The molecule has 0 N–H and O–H groups in total. The van der Waals surface area contributed by atoms with Crippen LogP contribution in [0.3, 0.4) is 0 Å². The molecule has 3 heteroatoms. The minimum absolute atomic E-state index is 0.622. The molecule has 0 radical (unpaired) electrons. The van der Waals surface area contributed by atoms with E-state index in [4.69, 9.17) is 5.26 Å². The van der Waals surface area contributed by atoms with Crippen molar-refractivity contribution in [3.63, 3.8) is 0 Å². The van der Waals surface area contributed by atoms with Gasteiger partial charge in [0.2, 0.25) is 0 Å². The van der Waals surface area contributed by atoms with Crippen LogP contribution in [-0.2, 0) is 7.05 Å². The SMILES string of the molecule is Cn1cc(C2=CCN(CCC#N)CC2)c2ccccc21. The van der Waals surface area contributed by atoms with Crippen molar-refractivity contribution in [1.82, 2.24) is 9.47 Å². The largest absolute Gasteiger partial charge is 0.350 e. The van der Waals surface area contributed by atoms with Crippen LogP contribution < -0.4 is 0 Å². The number of para-hydroxylation sites is 1. The van der Waals surface area contributed by atoms with Crippen molar-refractivity contribution in [1.29, 1.82) is 5.26 Å². The number of aromatic nitrogens is 1. The molecule has 0 amide bonds. The summed E-state index contributed by atoms with van der Waals surface area (Å²) in [7, 11) is 2.11. The van der Waals surface area contributed by atoms with E-state index in [1.54, 1.807) is 0 Å². The van der Waals surface area contributed by atoms with Gasteiger partial charge in [0.05, 0.1) is 6.07 Å². The van der Waals surface area contributed by atoms with E-state index >= 15 is 0 Å². The van der Waals surface area contributed by atoms with Crippen LogP contribution in [0.15, 0.2) is 36.5 Å². The number of nitriles is 1. The van der Waals surface area contributed by atoms with E-state index in [1.165, 1.54) is 22.0 Å². The zero-order valence-corrected chi connectivity index (χ0v) is 11.8. The second kappa shape index (κ2) is 5.52. The molecule has 0 unspecified atom stereocenters. The first-order valence-electron chi connectivity index (χ1n) is 7.12. The van der Waals surface area contributed by atoms with E-state index in [0.29, 0.717) is 6.42 Å². The normalized spacial score (nSPS) is 16.1. The highest BCUT2D eigenvalue weighted by atomic mass is 15.1. The van der Waals surface area contributed by atoms with Crippen molar-refractivity contribution < 1.29 is 0 Å². The third-order valence-corrected chi connectivity index (χ3v) is 4.08. The lowest BCUT2D eigenvalue weighted by Crippen LogP contribution is -2.29. The predicted octanol–water partition coefficient (Wildman–Crippen LogP) is 3.18. The average molecular weight is 265 g/mol. The Hall–Kier alpha value is -2.05. The predicted molar refractivity (Wildman–Crippen MR) is 82.2 cm³/mol. The Kier molecular flexibility index (Phi) is 3.58. The standard InChI is InChI=1S/C17H19N3/c1-19-13-16(15-5-2-3-6-17(15)19)14-7-11-20(12-8-14)10-4-9-18/h2-3,5-7,13H,4,8,10-12H2,1H3. The van der Waals surface area contributed by atoms with Gasteiger partial charge in [-0.25, -0.2) is 0 Å². The minimum atomic E-state index is 0.622. The lowest BCUT2D eigenvalue weighted by Gasteiger charge is -2.25. The van der Waals surface area contributed by atoms with Crippen molar-refractivity contribution in [3.05, 3.63) is 42.1 Å². The van der Waals surface area contributed by atoms with Crippen molar-refractivity contribution in [2.45, 2.75) is 12.8 Å². The molecule has 2 aromatic rings. The maximum atomic E-state index is 8.65. The van der Waals surface area contributed by atoms with Gasteiger partial charge < -0.3 is 4.57 Å². The molecule has 1 aliphatic heterocycles. The fraction of sp³-hybridized carbons (Fsp3) is 0.353. The van der Waals surface area contributed by atoms with Crippen LogP contribution in [0, 0.1) is 11.3 Å². The maximum absolute atomic E-state index is 8.65. The summed E-state index contributed by atoms with van der Waals surface area (Å²) >= 11 is 0. The molecule has 1 aromatic heterocycles. The lowest BCUT2D eigenvalue weighted by molar-refractivity contribution is 0.309. The molecule has 3 rings (SSSR count). The van der Waals surface area contributed by atoms with E-state index in [-0.39, 0.29) is 0 Å². The maximum Gasteiger partial charge on any atom is 0.0635 e. The van der Waals surface area contributed by atoms with Gasteiger partial charge in [0.15, 0.2) is 0 Å². The van der Waals surface area contributed by atoms with Gasteiger partial charge in [0.1, 0.15) is 0 Å². The van der Waals surface area contributed by atoms with E-state index < -0.39 is 0 Å². The molecule has 20 heavy (non-hydrogen) atoms. The monoisotopic (exact) mass is 265 g/mol. The van der Waals surface area contributed by atoms with Crippen molar-refractivity contribution in [2.24, 2.45) is 7.05 Å². The van der Waals surface area contributed by atoms with E-state index in [2.05, 4.69) is 59.1 Å². The molecule has 1 aliphatic rings. The Morgan fingerprint density at radius 3 is 2.90 bits per heavy atom. The van der Waals surface area contributed by atoms with Crippen LogP contribution in [0.4, 0.5) is 0 Å². The minimum Gasteiger partial charge on any atom is -0.350 e. The molecule has 0 atom stereocenters. The van der Waals surface area contributed by atoms with Gasteiger partial charge in [-0.15, -0.1) is 0 Å². The van der Waals surface area contributed by atoms with E-state index in [9.17, 15) is 0 Å². The molecule has 0 fully saturated rings. The van der Waals surface area contributed by atoms with Crippen LogP contribution in [-0.4, -0.2) is 29.1 Å². The summed E-state index contributed by atoms with van der Waals surface area (Å²) in [5.41, 5.74) is 4.09. The second-order valence-corrected chi connectivity index (χ2v) is 5.36. The first kappa shape index (κ1) is 13.0. The van der Waals surface area contributed by atoms with Gasteiger partial charge in [-0.3, -0.25) is 4.90 Å². The highest BCUT2D eigenvalue weighted by Crippen LogP contribution is 2.30. The smallest absolute Gasteiger partial charge is 0.0635 e. The van der Waals surface area contributed by atoms with Gasteiger partial charge in [-0.05, 0) is 18.1 Å². The third-order valence-electron chi connectivity index (χ3n) is 4.08. The highest BCUT2D eigenvalue weighted by Gasteiger charge is 2.15. The quantitative estimate of drug-likeness (QED) is 0.853. The zero-order valence-electron chi connectivity index (χ0n) is 11.8. The van der Waals surface area contributed by atoms with Crippen molar-refractivity contribution >= 4 is 16.5 Å². The Labute approximate surface area is 119 Å². The average Bonchev–Trinajstić information content (AvgIpc) is 2.83. The first-order chi connectivity index (χ1) is 9.79. The van der Waals surface area contributed by atoms with Crippen molar-refractivity contribution in [2.75, 3.05) is 19.6 Å². The number of benzene rings is 1. The molecular weight excluding hydrogens is 246 g/mol. The second-order valence-electron chi connectivity index (χ2n) is 5.36. The van der Waals surface area contributed by atoms with Crippen LogP contribution in [0.5, 0.6) is 0 Å². The van der Waals surface area contributed by atoms with Gasteiger partial charge in [0.25, 0.3) is 0 Å². The molecular formula is C17H19N3. The summed E-state index contributed by atoms with van der Waals surface area (Å²) < 4.78 is 2.20. The van der Waals surface area contributed by atoms with Crippen LogP contribution in [0.25, 0.3) is 16.5 Å². The van der Waals surface area contributed by atoms with Gasteiger partial charge in [-0.2, -0.15) is 5.26 Å². The van der Waals surface area contributed by atoms with Gasteiger partial charge >= 0.3 is 0 Å². The summed E-state index contributed by atoms with van der Waals surface area (Å²) in [6.07, 6.45) is 6.25. The van der Waals surface area contributed by atoms with Gasteiger partial charge in [0, 0.05) is 55.8 Å². The summed E-state index contributed by atoms with van der Waals surface area (Å²) in [4.78, 5) is 2.35. The van der Waals surface area contributed by atoms with Crippen LogP contribution in [0.2, 0.25) is 0 Å². The lowest BCUT2D eigenvalue weighted by atomic mass is 9.99. The molecule has 0 spiro atoms. The first-order valence-corrected chi connectivity index (χ1v) is 7.12. The Morgan fingerprint density at radius 2 is 2.15 bits per heavy atom. The number of aryl methyl sites for hydroxylation is 1. The molecule has 0 bridgehead atoms. The molecule has 102 valence electrons. The van der Waals surface area contributed by atoms with Crippen molar-refractivity contribution in [3.8, 4) is 6.07 Å². The summed E-state index contributed by atoms with van der Waals surface area (Å²) in [5.74, 6) is 0. The number of fused-ring (bicyclic) bond motifs is 1. The molecule has 1 aromatic carbocycles. The topological polar surface area (TPSA) is 32.0 Å². The van der Waals surface area contributed by atoms with E-state index in [1.807, 2.05) is 0 Å². The molecule has 0 aliphatic carbocycles. The Morgan fingerprint density at radius 1 is 1.30 bits per heavy atom. The molecule has 2 heterocycles. The number of nitrogens with zero attached hydrogens (tertiary/aromatic N) is 3. The Bertz CT molecular complexity index is 688. The highest BCUT2D eigenvalue weighted by molar-refractivity contribution is 5.93. The zero-order chi connectivity index (χ0) is 13.9. The number of rotatable bonds is 3. The summed E-state index contributed by atoms with van der Waals surface area (Å²) in [5, 5.41) is 9.99. The van der Waals surface area contributed by atoms with E-state index in [0.717, 1.165) is 26.1 Å². The fourth-order valence-corrected chi connectivity index (χ4v) is 2.96. The third kappa shape index (κ3) is 2.35. The molecule has 0 saturated heterocycles. The van der Waals surface area contributed by atoms with Crippen LogP contribution in [0.1, 0.15) is 18.4 Å². The summed E-state index contributed by atoms with van der Waals surface area (Å²) in [6, 6.07) is 10.8. The van der Waals surface area contributed by atoms with Crippen LogP contribution >= 0.6 is 0 Å². The summed E-state index contributed by atoms with van der Waals surface area (Å²) in [6.45, 7) is 2.90. The fourth-order valence-electron chi connectivity index (χ4n) is 2.96. The number of hydrogen-bond acceptors (Lipinski definition) is 2. The molecule has 0 saturated carbocycles.